The largest absolute Gasteiger partial charge is 0.397 e. The first-order valence-electron chi connectivity index (χ1n) is 6.23. The van der Waals surface area contributed by atoms with Gasteiger partial charge in [-0.1, -0.05) is 38.4 Å². The molecule has 0 heterocycles. The van der Waals surface area contributed by atoms with Gasteiger partial charge in [0.1, 0.15) is 0 Å². The van der Waals surface area contributed by atoms with Crippen molar-refractivity contribution in [2.75, 3.05) is 12.3 Å². The lowest BCUT2D eigenvalue weighted by atomic mass is 9.84. The van der Waals surface area contributed by atoms with Crippen LogP contribution in [0.4, 0.5) is 5.69 Å². The van der Waals surface area contributed by atoms with Gasteiger partial charge in [-0.15, -0.1) is 0 Å². The van der Waals surface area contributed by atoms with Crippen LogP contribution in [0.2, 0.25) is 5.02 Å². The summed E-state index contributed by atoms with van der Waals surface area (Å²) in [5, 5.41) is 12.4. The van der Waals surface area contributed by atoms with E-state index in [9.17, 15) is 4.79 Å². The molecule has 0 aliphatic heterocycles. The van der Waals surface area contributed by atoms with E-state index in [2.05, 4.69) is 5.32 Å². The van der Waals surface area contributed by atoms with E-state index >= 15 is 0 Å². The van der Waals surface area contributed by atoms with Gasteiger partial charge in [-0.25, -0.2) is 0 Å². The number of para-hydroxylation sites is 1. The van der Waals surface area contributed by atoms with Crippen LogP contribution in [0.25, 0.3) is 0 Å². The number of aliphatic hydroxyl groups excluding tert-OH is 1. The van der Waals surface area contributed by atoms with Crippen molar-refractivity contribution < 1.29 is 9.90 Å². The second-order valence-corrected chi connectivity index (χ2v) is 6.01. The Morgan fingerprint density at radius 1 is 1.47 bits per heavy atom. The van der Waals surface area contributed by atoms with Gasteiger partial charge in [0.15, 0.2) is 0 Å². The number of carbonyl (C=O) groups excluding carboxylic acids is 1. The van der Waals surface area contributed by atoms with Gasteiger partial charge in [-0.2, -0.15) is 0 Å². The Morgan fingerprint density at radius 2 is 2.11 bits per heavy atom. The molecule has 0 aromatic heterocycles. The second-order valence-electron chi connectivity index (χ2n) is 5.61. The minimum atomic E-state index is -0.270. The Morgan fingerprint density at radius 3 is 2.63 bits per heavy atom. The molecule has 4 N–H and O–H groups in total. The van der Waals surface area contributed by atoms with Crippen LogP contribution in [-0.2, 0) is 0 Å². The molecule has 0 fully saturated rings. The lowest BCUT2D eigenvalue weighted by Crippen LogP contribution is -2.44. The number of nitrogens with one attached hydrogen (secondary N) is 1. The van der Waals surface area contributed by atoms with Gasteiger partial charge in [-0.3, -0.25) is 4.79 Å². The van der Waals surface area contributed by atoms with Crippen LogP contribution in [0, 0.1) is 5.41 Å². The summed E-state index contributed by atoms with van der Waals surface area (Å²) >= 11 is 5.90. The Kier molecular flexibility index (Phi) is 5.20. The number of halogens is 1. The molecule has 1 rings (SSSR count). The minimum Gasteiger partial charge on any atom is -0.397 e. The minimum absolute atomic E-state index is 0.0211. The SMILES string of the molecule is CC(C)(C)C(CCO)NC(=O)c1cccc(Cl)c1N. The first-order valence-corrected chi connectivity index (χ1v) is 6.61. The van der Waals surface area contributed by atoms with E-state index in [4.69, 9.17) is 22.4 Å². The molecule has 0 aliphatic rings. The topological polar surface area (TPSA) is 75.3 Å². The smallest absolute Gasteiger partial charge is 0.253 e. The van der Waals surface area contributed by atoms with Gasteiger partial charge in [0.25, 0.3) is 5.91 Å². The number of nitrogen functional groups attached to an aromatic ring is 1. The number of hydrogen-bond donors (Lipinski definition) is 3. The van der Waals surface area contributed by atoms with Crippen LogP contribution in [0.5, 0.6) is 0 Å². The molecule has 4 nitrogen and oxygen atoms in total. The van der Waals surface area contributed by atoms with Crippen molar-refractivity contribution in [2.24, 2.45) is 5.41 Å². The maximum Gasteiger partial charge on any atom is 0.253 e. The zero-order chi connectivity index (χ0) is 14.6. The standard InChI is InChI=1S/C14H21ClN2O2/c1-14(2,3)11(7-8-18)17-13(19)9-5-4-6-10(15)12(9)16/h4-6,11,18H,7-8,16H2,1-3H3,(H,17,19). The number of rotatable bonds is 4. The maximum absolute atomic E-state index is 12.2. The number of carbonyl (C=O) groups is 1. The number of benzene rings is 1. The Labute approximate surface area is 118 Å². The molecule has 1 aromatic carbocycles. The van der Waals surface area contributed by atoms with Gasteiger partial charge < -0.3 is 16.2 Å². The van der Waals surface area contributed by atoms with Crippen molar-refractivity contribution in [3.05, 3.63) is 28.8 Å². The van der Waals surface area contributed by atoms with Crippen LogP contribution in [0.15, 0.2) is 18.2 Å². The maximum atomic E-state index is 12.2. The quantitative estimate of drug-likeness (QED) is 0.744. The lowest BCUT2D eigenvalue weighted by Gasteiger charge is -2.31. The third kappa shape index (κ3) is 4.11. The molecule has 1 aromatic rings. The van der Waals surface area contributed by atoms with Crippen LogP contribution in [-0.4, -0.2) is 23.7 Å². The molecule has 1 atom stereocenters. The van der Waals surface area contributed by atoms with Crippen molar-refractivity contribution in [3.63, 3.8) is 0 Å². The summed E-state index contributed by atoms with van der Waals surface area (Å²) in [5.74, 6) is -0.270. The van der Waals surface area contributed by atoms with Gasteiger partial charge in [0, 0.05) is 12.6 Å². The molecular formula is C14H21ClN2O2. The monoisotopic (exact) mass is 284 g/mol. The molecular weight excluding hydrogens is 264 g/mol. The normalized spacial score (nSPS) is 13.1. The predicted molar refractivity (Wildman–Crippen MR) is 78.3 cm³/mol. The van der Waals surface area contributed by atoms with Gasteiger partial charge in [0.2, 0.25) is 0 Å². The average molecular weight is 285 g/mol. The molecule has 0 radical (unpaired) electrons. The molecule has 1 unspecified atom stereocenters. The first-order chi connectivity index (χ1) is 8.77. The average Bonchev–Trinajstić information content (AvgIpc) is 2.30. The van der Waals surface area contributed by atoms with Gasteiger partial charge >= 0.3 is 0 Å². The fraction of sp³-hybridized carbons (Fsp3) is 0.500. The second kappa shape index (κ2) is 6.26. The molecule has 0 saturated carbocycles. The van der Waals surface area contributed by atoms with E-state index in [1.807, 2.05) is 20.8 Å². The summed E-state index contributed by atoms with van der Waals surface area (Å²) < 4.78 is 0. The van der Waals surface area contributed by atoms with E-state index in [1.165, 1.54) is 0 Å². The lowest BCUT2D eigenvalue weighted by molar-refractivity contribution is 0.0886. The Bertz CT molecular complexity index is 455. The summed E-state index contributed by atoms with van der Waals surface area (Å²) in [6.07, 6.45) is 0.496. The van der Waals surface area contributed by atoms with Crippen LogP contribution < -0.4 is 11.1 Å². The highest BCUT2D eigenvalue weighted by molar-refractivity contribution is 6.33. The predicted octanol–water partition coefficient (Wildman–Crippen LogP) is 2.45. The molecule has 0 spiro atoms. The highest BCUT2D eigenvalue weighted by Crippen LogP contribution is 2.25. The summed E-state index contributed by atoms with van der Waals surface area (Å²) in [6, 6.07) is 4.83. The van der Waals surface area contributed by atoms with Crippen molar-refractivity contribution in [1.82, 2.24) is 5.32 Å². The molecule has 0 bridgehead atoms. The Balaban J connectivity index is 2.91. The van der Waals surface area contributed by atoms with Crippen molar-refractivity contribution >= 4 is 23.2 Å². The Hall–Kier alpha value is -1.26. The molecule has 0 aliphatic carbocycles. The van der Waals surface area contributed by atoms with E-state index in [-0.39, 0.29) is 29.7 Å². The molecule has 0 saturated heterocycles. The first kappa shape index (κ1) is 15.8. The van der Waals surface area contributed by atoms with Gasteiger partial charge in [-0.05, 0) is 24.0 Å². The van der Waals surface area contributed by atoms with Crippen molar-refractivity contribution in [3.8, 4) is 0 Å². The third-order valence-electron chi connectivity index (χ3n) is 3.07. The van der Waals surface area contributed by atoms with E-state index in [0.717, 1.165) is 0 Å². The zero-order valence-electron chi connectivity index (χ0n) is 11.5. The zero-order valence-corrected chi connectivity index (χ0v) is 12.3. The number of anilines is 1. The number of amides is 1. The van der Waals surface area contributed by atoms with Crippen molar-refractivity contribution in [1.29, 1.82) is 0 Å². The fourth-order valence-electron chi connectivity index (χ4n) is 1.82. The fourth-order valence-corrected chi connectivity index (χ4v) is 2.00. The molecule has 19 heavy (non-hydrogen) atoms. The van der Waals surface area contributed by atoms with E-state index in [1.54, 1.807) is 18.2 Å². The van der Waals surface area contributed by atoms with E-state index in [0.29, 0.717) is 17.0 Å². The highest BCUT2D eigenvalue weighted by atomic mass is 35.5. The summed E-state index contributed by atoms with van der Waals surface area (Å²) in [5.41, 5.74) is 6.29. The van der Waals surface area contributed by atoms with Gasteiger partial charge in [0.05, 0.1) is 16.3 Å². The van der Waals surface area contributed by atoms with Crippen LogP contribution >= 0.6 is 11.6 Å². The number of hydrogen-bond acceptors (Lipinski definition) is 3. The number of aliphatic hydroxyl groups is 1. The molecule has 1 amide bonds. The van der Waals surface area contributed by atoms with E-state index < -0.39 is 0 Å². The summed E-state index contributed by atoms with van der Waals surface area (Å²) in [7, 11) is 0. The molecule has 5 heteroatoms. The highest BCUT2D eigenvalue weighted by Gasteiger charge is 2.26. The van der Waals surface area contributed by atoms with Crippen molar-refractivity contribution in [2.45, 2.75) is 33.2 Å². The summed E-state index contributed by atoms with van der Waals surface area (Å²) in [6.45, 7) is 6.05. The third-order valence-corrected chi connectivity index (χ3v) is 3.40. The van der Waals surface area contributed by atoms with Crippen LogP contribution in [0.3, 0.4) is 0 Å². The number of nitrogens with two attached hydrogens (primary N) is 1. The summed E-state index contributed by atoms with van der Waals surface area (Å²) in [4.78, 5) is 12.2. The molecule has 106 valence electrons. The van der Waals surface area contributed by atoms with Crippen LogP contribution in [0.1, 0.15) is 37.6 Å².